The van der Waals surface area contributed by atoms with Crippen LogP contribution in [0.15, 0.2) is 12.4 Å². The number of aromatic nitrogens is 2. The van der Waals surface area contributed by atoms with E-state index in [0.29, 0.717) is 12.5 Å². The van der Waals surface area contributed by atoms with E-state index in [2.05, 4.69) is 19.8 Å². The highest BCUT2D eigenvalue weighted by molar-refractivity contribution is 5.40. The maximum absolute atomic E-state index is 5.62. The van der Waals surface area contributed by atoms with Gasteiger partial charge in [-0.05, 0) is 19.9 Å². The topological polar surface area (TPSA) is 67.5 Å². The van der Waals surface area contributed by atoms with E-state index >= 15 is 0 Å². The summed E-state index contributed by atoms with van der Waals surface area (Å²) >= 11 is 0. The molecule has 6 nitrogen and oxygen atoms in total. The molecule has 0 bridgehead atoms. The molecule has 1 aliphatic heterocycles. The SMILES string of the molecule is CCOc1cc(N2CCCN(CCN)CC2)ncn1. The third-order valence-corrected chi connectivity index (χ3v) is 3.28. The van der Waals surface area contributed by atoms with E-state index < -0.39 is 0 Å². The van der Waals surface area contributed by atoms with Gasteiger partial charge in [0.25, 0.3) is 0 Å². The van der Waals surface area contributed by atoms with E-state index in [1.807, 2.05) is 13.0 Å². The van der Waals surface area contributed by atoms with Crippen LogP contribution in [0.5, 0.6) is 5.88 Å². The minimum absolute atomic E-state index is 0.626. The van der Waals surface area contributed by atoms with E-state index in [1.54, 1.807) is 6.33 Å². The molecule has 6 heteroatoms. The second-order valence-corrected chi connectivity index (χ2v) is 4.62. The van der Waals surface area contributed by atoms with E-state index in [0.717, 1.165) is 51.5 Å². The zero-order valence-electron chi connectivity index (χ0n) is 11.6. The predicted molar refractivity (Wildman–Crippen MR) is 75.5 cm³/mol. The lowest BCUT2D eigenvalue weighted by Crippen LogP contribution is -2.34. The van der Waals surface area contributed by atoms with Gasteiger partial charge in [0.05, 0.1) is 6.61 Å². The quantitative estimate of drug-likeness (QED) is 0.828. The molecule has 19 heavy (non-hydrogen) atoms. The van der Waals surface area contributed by atoms with Crippen molar-refractivity contribution in [1.82, 2.24) is 14.9 Å². The number of nitrogens with zero attached hydrogens (tertiary/aromatic N) is 4. The summed E-state index contributed by atoms with van der Waals surface area (Å²) in [7, 11) is 0. The van der Waals surface area contributed by atoms with Crippen molar-refractivity contribution in [3.05, 3.63) is 12.4 Å². The summed E-state index contributed by atoms with van der Waals surface area (Å²) in [5.74, 6) is 1.60. The smallest absolute Gasteiger partial charge is 0.218 e. The van der Waals surface area contributed by atoms with Crippen LogP contribution in [0.3, 0.4) is 0 Å². The Hall–Kier alpha value is -1.40. The minimum atomic E-state index is 0.626. The Labute approximate surface area is 114 Å². The molecule has 1 aliphatic rings. The first-order valence-corrected chi connectivity index (χ1v) is 6.95. The van der Waals surface area contributed by atoms with Gasteiger partial charge in [0.2, 0.25) is 5.88 Å². The number of ether oxygens (including phenoxy) is 1. The lowest BCUT2D eigenvalue weighted by atomic mass is 10.3. The molecule has 0 radical (unpaired) electrons. The molecule has 1 saturated heterocycles. The van der Waals surface area contributed by atoms with E-state index in [1.165, 1.54) is 0 Å². The summed E-state index contributed by atoms with van der Waals surface area (Å²) in [4.78, 5) is 13.2. The summed E-state index contributed by atoms with van der Waals surface area (Å²) in [6, 6.07) is 1.92. The first-order chi connectivity index (χ1) is 9.33. The van der Waals surface area contributed by atoms with Gasteiger partial charge in [0.1, 0.15) is 12.1 Å². The monoisotopic (exact) mass is 265 g/mol. The molecule has 2 N–H and O–H groups in total. The fourth-order valence-corrected chi connectivity index (χ4v) is 2.34. The second-order valence-electron chi connectivity index (χ2n) is 4.62. The summed E-state index contributed by atoms with van der Waals surface area (Å²) in [6.45, 7) is 8.41. The molecular weight excluding hydrogens is 242 g/mol. The largest absolute Gasteiger partial charge is 0.478 e. The van der Waals surface area contributed by atoms with Crippen LogP contribution < -0.4 is 15.4 Å². The lowest BCUT2D eigenvalue weighted by Gasteiger charge is -2.22. The first kappa shape index (κ1) is 14.0. The molecule has 1 aromatic rings. The van der Waals surface area contributed by atoms with Gasteiger partial charge < -0.3 is 20.3 Å². The molecule has 1 aromatic heterocycles. The van der Waals surface area contributed by atoms with E-state index in [4.69, 9.17) is 10.5 Å². The Morgan fingerprint density at radius 1 is 1.26 bits per heavy atom. The van der Waals surface area contributed by atoms with Gasteiger partial charge >= 0.3 is 0 Å². The zero-order valence-corrected chi connectivity index (χ0v) is 11.6. The fraction of sp³-hybridized carbons (Fsp3) is 0.692. The van der Waals surface area contributed by atoms with Gasteiger partial charge in [0.15, 0.2) is 0 Å². The third kappa shape index (κ3) is 4.04. The second kappa shape index (κ2) is 7.25. The van der Waals surface area contributed by atoms with Crippen molar-refractivity contribution in [2.24, 2.45) is 5.73 Å². The van der Waals surface area contributed by atoms with Crippen molar-refractivity contribution in [3.63, 3.8) is 0 Å². The Bertz CT molecular complexity index is 387. The Morgan fingerprint density at radius 2 is 2.16 bits per heavy atom. The average Bonchev–Trinajstić information content (AvgIpc) is 2.66. The maximum atomic E-state index is 5.62. The summed E-state index contributed by atoms with van der Waals surface area (Å²) < 4.78 is 5.42. The molecule has 0 unspecified atom stereocenters. The Balaban J connectivity index is 1.99. The van der Waals surface area contributed by atoms with Crippen LogP contribution in [0.4, 0.5) is 5.82 Å². The standard InChI is InChI=1S/C13H23N5O/c1-2-19-13-10-12(15-11-16-13)18-6-3-5-17(7-4-14)8-9-18/h10-11H,2-9,14H2,1H3. The van der Waals surface area contributed by atoms with E-state index in [-0.39, 0.29) is 0 Å². The molecule has 0 aromatic carbocycles. The molecular formula is C13H23N5O. The van der Waals surface area contributed by atoms with Crippen molar-refractivity contribution < 1.29 is 4.74 Å². The molecule has 0 atom stereocenters. The van der Waals surface area contributed by atoms with Crippen molar-refractivity contribution in [2.45, 2.75) is 13.3 Å². The number of nitrogens with two attached hydrogens (primary N) is 1. The number of hydrogen-bond acceptors (Lipinski definition) is 6. The van der Waals surface area contributed by atoms with Gasteiger partial charge in [-0.15, -0.1) is 0 Å². The summed E-state index contributed by atoms with van der Waals surface area (Å²) in [5.41, 5.74) is 5.62. The highest BCUT2D eigenvalue weighted by Crippen LogP contribution is 2.17. The van der Waals surface area contributed by atoms with Crippen LogP contribution in [0.1, 0.15) is 13.3 Å². The van der Waals surface area contributed by atoms with Crippen LogP contribution in [-0.2, 0) is 0 Å². The molecule has 0 aliphatic carbocycles. The van der Waals surface area contributed by atoms with Crippen LogP contribution in [-0.4, -0.2) is 60.7 Å². The van der Waals surface area contributed by atoms with E-state index in [9.17, 15) is 0 Å². The molecule has 0 saturated carbocycles. The van der Waals surface area contributed by atoms with Crippen molar-refractivity contribution >= 4 is 5.82 Å². The molecule has 0 amide bonds. The van der Waals surface area contributed by atoms with Crippen LogP contribution in [0.25, 0.3) is 0 Å². The van der Waals surface area contributed by atoms with Crippen LogP contribution in [0, 0.1) is 0 Å². The lowest BCUT2D eigenvalue weighted by molar-refractivity contribution is 0.302. The molecule has 106 valence electrons. The van der Waals surface area contributed by atoms with Gasteiger partial charge in [0, 0.05) is 38.8 Å². The van der Waals surface area contributed by atoms with Crippen molar-refractivity contribution in [2.75, 3.05) is 50.8 Å². The average molecular weight is 265 g/mol. The van der Waals surface area contributed by atoms with Gasteiger partial charge in [-0.25, -0.2) is 9.97 Å². The van der Waals surface area contributed by atoms with Gasteiger partial charge in [-0.3, -0.25) is 0 Å². The Morgan fingerprint density at radius 3 is 2.95 bits per heavy atom. The maximum Gasteiger partial charge on any atom is 0.218 e. The van der Waals surface area contributed by atoms with Crippen molar-refractivity contribution in [1.29, 1.82) is 0 Å². The predicted octanol–water partition coefficient (Wildman–Crippen LogP) is 0.346. The van der Waals surface area contributed by atoms with Crippen molar-refractivity contribution in [3.8, 4) is 5.88 Å². The Kier molecular flexibility index (Phi) is 5.35. The normalized spacial score (nSPS) is 17.3. The molecule has 2 heterocycles. The third-order valence-electron chi connectivity index (χ3n) is 3.28. The number of rotatable bonds is 5. The number of anilines is 1. The molecule has 1 fully saturated rings. The fourth-order valence-electron chi connectivity index (χ4n) is 2.34. The zero-order chi connectivity index (χ0) is 13.5. The van der Waals surface area contributed by atoms with Crippen LogP contribution >= 0.6 is 0 Å². The van der Waals surface area contributed by atoms with Crippen LogP contribution in [0.2, 0.25) is 0 Å². The summed E-state index contributed by atoms with van der Waals surface area (Å²) in [6.07, 6.45) is 2.71. The highest BCUT2D eigenvalue weighted by atomic mass is 16.5. The number of hydrogen-bond donors (Lipinski definition) is 1. The highest BCUT2D eigenvalue weighted by Gasteiger charge is 2.16. The summed E-state index contributed by atoms with van der Waals surface area (Å²) in [5, 5.41) is 0. The first-order valence-electron chi connectivity index (χ1n) is 6.95. The van der Waals surface area contributed by atoms with Gasteiger partial charge in [-0.2, -0.15) is 0 Å². The van der Waals surface area contributed by atoms with Gasteiger partial charge in [-0.1, -0.05) is 0 Å². The molecule has 0 spiro atoms. The molecule has 2 rings (SSSR count). The minimum Gasteiger partial charge on any atom is -0.478 e.